The van der Waals surface area contributed by atoms with Gasteiger partial charge < -0.3 is 16.2 Å². The summed E-state index contributed by atoms with van der Waals surface area (Å²) in [6.45, 7) is 4.73. The second-order valence-electron chi connectivity index (χ2n) is 6.87. The van der Waals surface area contributed by atoms with E-state index in [0.717, 1.165) is 45.6 Å². The Balaban J connectivity index is 2.48. The molecule has 5 nitrogen and oxygen atoms in total. The number of rotatable bonds is 15. The SMILES string of the molecule is COC(=O)c1ccc(CN(CCCCCCN)CCCCCCN)cc1. The number of esters is 1. The van der Waals surface area contributed by atoms with Crippen LogP contribution in [-0.2, 0) is 11.3 Å². The van der Waals surface area contributed by atoms with Gasteiger partial charge >= 0.3 is 5.97 Å². The third-order valence-electron chi connectivity index (χ3n) is 4.64. The predicted octanol–water partition coefficient (Wildman–Crippen LogP) is 3.31. The minimum absolute atomic E-state index is 0.284. The van der Waals surface area contributed by atoms with Crippen molar-refractivity contribution in [2.45, 2.75) is 57.9 Å². The Morgan fingerprint density at radius 1 is 0.846 bits per heavy atom. The van der Waals surface area contributed by atoms with Crippen molar-refractivity contribution in [3.63, 3.8) is 0 Å². The highest BCUT2D eigenvalue weighted by molar-refractivity contribution is 5.89. The number of methoxy groups -OCH3 is 1. The smallest absolute Gasteiger partial charge is 0.337 e. The van der Waals surface area contributed by atoms with Gasteiger partial charge in [-0.3, -0.25) is 4.90 Å². The number of hydrogen-bond donors (Lipinski definition) is 2. The Bertz CT molecular complexity index is 463. The van der Waals surface area contributed by atoms with E-state index in [2.05, 4.69) is 4.90 Å². The van der Waals surface area contributed by atoms with E-state index < -0.39 is 0 Å². The van der Waals surface area contributed by atoms with E-state index in [9.17, 15) is 4.79 Å². The van der Waals surface area contributed by atoms with E-state index in [1.165, 1.54) is 51.2 Å². The van der Waals surface area contributed by atoms with Crippen molar-refractivity contribution in [2.24, 2.45) is 11.5 Å². The molecule has 0 bridgehead atoms. The van der Waals surface area contributed by atoms with Gasteiger partial charge in [0.05, 0.1) is 12.7 Å². The molecule has 0 saturated heterocycles. The first-order valence-electron chi connectivity index (χ1n) is 10.0. The highest BCUT2D eigenvalue weighted by Crippen LogP contribution is 2.12. The number of unbranched alkanes of at least 4 members (excludes halogenated alkanes) is 6. The van der Waals surface area contributed by atoms with Crippen molar-refractivity contribution in [1.29, 1.82) is 0 Å². The number of benzene rings is 1. The lowest BCUT2D eigenvalue weighted by atomic mass is 10.1. The van der Waals surface area contributed by atoms with Crippen LogP contribution in [0, 0.1) is 0 Å². The molecule has 0 radical (unpaired) electrons. The van der Waals surface area contributed by atoms with Gasteiger partial charge in [-0.15, -0.1) is 0 Å². The maximum atomic E-state index is 11.6. The van der Waals surface area contributed by atoms with Crippen LogP contribution in [0.15, 0.2) is 24.3 Å². The lowest BCUT2D eigenvalue weighted by Crippen LogP contribution is -2.25. The molecule has 0 atom stereocenters. The van der Waals surface area contributed by atoms with Crippen molar-refractivity contribution < 1.29 is 9.53 Å². The number of nitrogens with two attached hydrogens (primary N) is 2. The van der Waals surface area contributed by atoms with Crippen molar-refractivity contribution >= 4 is 5.97 Å². The Kier molecular flexibility index (Phi) is 12.8. The van der Waals surface area contributed by atoms with Gasteiger partial charge in [-0.05, 0) is 69.6 Å². The minimum atomic E-state index is -0.284. The summed E-state index contributed by atoms with van der Waals surface area (Å²) in [5.41, 5.74) is 13.0. The molecule has 0 unspecified atom stereocenters. The van der Waals surface area contributed by atoms with Gasteiger partial charge in [-0.1, -0.05) is 37.8 Å². The van der Waals surface area contributed by atoms with Crippen LogP contribution in [0.3, 0.4) is 0 Å². The summed E-state index contributed by atoms with van der Waals surface area (Å²) in [7, 11) is 1.41. The largest absolute Gasteiger partial charge is 0.465 e. The number of carbonyl (C=O) groups is 1. The molecule has 0 fully saturated rings. The predicted molar refractivity (Wildman–Crippen MR) is 108 cm³/mol. The summed E-state index contributed by atoms with van der Waals surface area (Å²) >= 11 is 0. The first-order chi connectivity index (χ1) is 12.7. The maximum absolute atomic E-state index is 11.6. The molecule has 4 N–H and O–H groups in total. The van der Waals surface area contributed by atoms with E-state index in [0.29, 0.717) is 5.56 Å². The maximum Gasteiger partial charge on any atom is 0.337 e. The van der Waals surface area contributed by atoms with Gasteiger partial charge in [0.15, 0.2) is 0 Å². The fourth-order valence-electron chi connectivity index (χ4n) is 3.06. The summed E-state index contributed by atoms with van der Waals surface area (Å²) in [4.78, 5) is 14.1. The summed E-state index contributed by atoms with van der Waals surface area (Å²) in [5.74, 6) is -0.284. The average molecular weight is 364 g/mol. The molecule has 0 aliphatic rings. The molecular weight excluding hydrogens is 326 g/mol. The fourth-order valence-corrected chi connectivity index (χ4v) is 3.06. The topological polar surface area (TPSA) is 81.6 Å². The quantitative estimate of drug-likeness (QED) is 0.369. The zero-order valence-corrected chi connectivity index (χ0v) is 16.4. The first-order valence-corrected chi connectivity index (χ1v) is 10.0. The normalized spacial score (nSPS) is 11.1. The van der Waals surface area contributed by atoms with Crippen LogP contribution in [0.5, 0.6) is 0 Å². The zero-order chi connectivity index (χ0) is 19.0. The number of nitrogens with zero attached hydrogens (tertiary/aromatic N) is 1. The van der Waals surface area contributed by atoms with Crippen molar-refractivity contribution in [3.05, 3.63) is 35.4 Å². The lowest BCUT2D eigenvalue weighted by Gasteiger charge is -2.22. The van der Waals surface area contributed by atoms with E-state index in [1.54, 1.807) is 0 Å². The molecule has 1 aromatic carbocycles. The highest BCUT2D eigenvalue weighted by atomic mass is 16.5. The van der Waals surface area contributed by atoms with Crippen molar-refractivity contribution in [2.75, 3.05) is 33.3 Å². The van der Waals surface area contributed by atoms with Crippen LogP contribution in [0.25, 0.3) is 0 Å². The summed E-state index contributed by atoms with van der Waals surface area (Å²) in [6.07, 6.45) is 9.57. The Hall–Kier alpha value is -1.43. The van der Waals surface area contributed by atoms with E-state index in [-0.39, 0.29) is 5.97 Å². The van der Waals surface area contributed by atoms with Crippen LogP contribution in [0.2, 0.25) is 0 Å². The van der Waals surface area contributed by atoms with Crippen LogP contribution in [0.4, 0.5) is 0 Å². The van der Waals surface area contributed by atoms with Crippen molar-refractivity contribution in [3.8, 4) is 0 Å². The molecule has 1 aromatic rings. The van der Waals surface area contributed by atoms with Crippen LogP contribution < -0.4 is 11.5 Å². The zero-order valence-electron chi connectivity index (χ0n) is 16.4. The molecule has 0 amide bonds. The number of ether oxygens (including phenoxy) is 1. The summed E-state index contributed by atoms with van der Waals surface area (Å²) in [5, 5.41) is 0. The van der Waals surface area contributed by atoms with Crippen LogP contribution in [-0.4, -0.2) is 44.2 Å². The fraction of sp³-hybridized carbons (Fsp3) is 0.667. The van der Waals surface area contributed by atoms with Gasteiger partial charge in [-0.25, -0.2) is 4.79 Å². The van der Waals surface area contributed by atoms with Gasteiger partial charge in [-0.2, -0.15) is 0 Å². The third-order valence-corrected chi connectivity index (χ3v) is 4.64. The monoisotopic (exact) mass is 363 g/mol. The molecule has 0 aromatic heterocycles. The minimum Gasteiger partial charge on any atom is -0.465 e. The number of hydrogen-bond acceptors (Lipinski definition) is 5. The van der Waals surface area contributed by atoms with E-state index >= 15 is 0 Å². The lowest BCUT2D eigenvalue weighted by molar-refractivity contribution is 0.0600. The molecule has 0 spiro atoms. The molecule has 26 heavy (non-hydrogen) atoms. The van der Waals surface area contributed by atoms with E-state index in [4.69, 9.17) is 16.2 Å². The van der Waals surface area contributed by atoms with Gasteiger partial charge in [0.1, 0.15) is 0 Å². The van der Waals surface area contributed by atoms with Gasteiger partial charge in [0.2, 0.25) is 0 Å². The molecule has 0 aliphatic heterocycles. The Morgan fingerprint density at radius 3 is 1.81 bits per heavy atom. The van der Waals surface area contributed by atoms with Crippen molar-refractivity contribution in [1.82, 2.24) is 4.90 Å². The third kappa shape index (κ3) is 9.90. The molecular formula is C21H37N3O2. The molecule has 0 saturated carbocycles. The molecule has 5 heteroatoms. The Labute approximate surface area is 159 Å². The van der Waals surface area contributed by atoms with E-state index in [1.807, 2.05) is 24.3 Å². The Morgan fingerprint density at radius 2 is 1.35 bits per heavy atom. The molecule has 1 rings (SSSR count). The molecule has 0 aliphatic carbocycles. The van der Waals surface area contributed by atoms with Gasteiger partial charge in [0.25, 0.3) is 0 Å². The highest BCUT2D eigenvalue weighted by Gasteiger charge is 2.08. The molecule has 148 valence electrons. The second-order valence-corrected chi connectivity index (χ2v) is 6.87. The van der Waals surface area contributed by atoms with Crippen LogP contribution in [0.1, 0.15) is 67.3 Å². The average Bonchev–Trinajstić information content (AvgIpc) is 2.67. The van der Waals surface area contributed by atoms with Gasteiger partial charge in [0, 0.05) is 6.54 Å². The standard InChI is InChI=1S/C21H37N3O2/c1-26-21(25)20-12-10-19(11-13-20)18-24(16-8-4-2-6-14-22)17-9-5-3-7-15-23/h10-13H,2-9,14-18,22-23H2,1H3. The second kappa shape index (κ2) is 14.7. The molecule has 0 heterocycles. The summed E-state index contributed by atoms with van der Waals surface area (Å²) in [6, 6.07) is 7.76. The number of carbonyl (C=O) groups excluding carboxylic acids is 1. The first kappa shape index (κ1) is 22.6. The summed E-state index contributed by atoms with van der Waals surface area (Å²) < 4.78 is 4.76. The van der Waals surface area contributed by atoms with Crippen LogP contribution >= 0.6 is 0 Å².